The average molecular weight is 322 g/mol. The summed E-state index contributed by atoms with van der Waals surface area (Å²) in [7, 11) is -3.55. The quantitative estimate of drug-likeness (QED) is 0.895. The van der Waals surface area contributed by atoms with Crippen molar-refractivity contribution in [3.8, 4) is 0 Å². The highest BCUT2D eigenvalue weighted by Gasteiger charge is 2.23. The third-order valence-corrected chi connectivity index (χ3v) is 4.64. The highest BCUT2D eigenvalue weighted by atomic mass is 79.9. The number of hydrogen-bond donors (Lipinski definition) is 2. The van der Waals surface area contributed by atoms with Crippen LogP contribution in [0.15, 0.2) is 27.6 Å². The Bertz CT molecular complexity index is 506. The van der Waals surface area contributed by atoms with E-state index in [1.807, 2.05) is 0 Å². The topological polar surface area (TPSA) is 66.4 Å². The Hall–Kier alpha value is -0.430. The van der Waals surface area contributed by atoms with Crippen LogP contribution >= 0.6 is 15.9 Å². The molecule has 0 spiro atoms. The molecular weight excluding hydrogens is 306 g/mol. The highest BCUT2D eigenvalue weighted by molar-refractivity contribution is 9.10. The normalized spacial score (nSPS) is 12.8. The molecule has 0 atom stereocenters. The SMILES string of the molecule is CC(C)(C)NS(=O)(=O)c1ccc(CO)cc1Br. The summed E-state index contributed by atoms with van der Waals surface area (Å²) in [6.45, 7) is 5.22. The summed E-state index contributed by atoms with van der Waals surface area (Å²) < 4.78 is 27.1. The van der Waals surface area contributed by atoms with Crippen LogP contribution in [-0.4, -0.2) is 19.1 Å². The summed E-state index contributed by atoms with van der Waals surface area (Å²) in [5.74, 6) is 0. The third kappa shape index (κ3) is 4.06. The first-order chi connectivity index (χ1) is 7.65. The molecule has 0 radical (unpaired) electrons. The first-order valence-electron chi connectivity index (χ1n) is 5.09. The molecule has 1 aromatic rings. The molecule has 0 aliphatic rings. The summed E-state index contributed by atoms with van der Waals surface area (Å²) in [6, 6.07) is 4.66. The minimum absolute atomic E-state index is 0.119. The molecule has 0 amide bonds. The maximum Gasteiger partial charge on any atom is 0.242 e. The second-order valence-electron chi connectivity index (χ2n) is 4.78. The molecule has 0 aliphatic carbocycles. The Morgan fingerprint density at radius 2 is 1.94 bits per heavy atom. The number of rotatable bonds is 3. The number of hydrogen-bond acceptors (Lipinski definition) is 3. The van der Waals surface area contributed by atoms with Gasteiger partial charge < -0.3 is 5.11 Å². The molecule has 0 saturated heterocycles. The van der Waals surface area contributed by atoms with Gasteiger partial charge in [0.1, 0.15) is 0 Å². The van der Waals surface area contributed by atoms with Crippen molar-refractivity contribution in [1.82, 2.24) is 4.72 Å². The molecule has 1 rings (SSSR count). The van der Waals surface area contributed by atoms with Gasteiger partial charge in [-0.25, -0.2) is 13.1 Å². The monoisotopic (exact) mass is 321 g/mol. The first kappa shape index (κ1) is 14.6. The van der Waals surface area contributed by atoms with E-state index >= 15 is 0 Å². The Kier molecular flexibility index (Phi) is 4.35. The molecule has 0 aromatic heterocycles. The third-order valence-electron chi connectivity index (χ3n) is 1.91. The van der Waals surface area contributed by atoms with Gasteiger partial charge in [-0.1, -0.05) is 6.07 Å². The zero-order valence-electron chi connectivity index (χ0n) is 9.99. The van der Waals surface area contributed by atoms with E-state index in [1.165, 1.54) is 6.07 Å². The van der Waals surface area contributed by atoms with Gasteiger partial charge in [0.25, 0.3) is 0 Å². The van der Waals surface area contributed by atoms with E-state index in [4.69, 9.17) is 5.11 Å². The van der Waals surface area contributed by atoms with Crippen molar-refractivity contribution < 1.29 is 13.5 Å². The average Bonchev–Trinajstić information content (AvgIpc) is 2.13. The molecule has 0 unspecified atom stereocenters. The van der Waals surface area contributed by atoms with Gasteiger partial charge in [-0.05, 0) is 54.4 Å². The molecule has 0 bridgehead atoms. The fourth-order valence-corrected chi connectivity index (χ4v) is 3.86. The summed E-state index contributed by atoms with van der Waals surface area (Å²) in [5.41, 5.74) is 0.125. The Balaban J connectivity index is 3.16. The van der Waals surface area contributed by atoms with Crippen LogP contribution in [0, 0.1) is 0 Å². The lowest BCUT2D eigenvalue weighted by atomic mass is 10.1. The lowest BCUT2D eigenvalue weighted by Crippen LogP contribution is -2.40. The predicted molar refractivity (Wildman–Crippen MR) is 70.1 cm³/mol. The molecular formula is C11H16BrNO3S. The molecule has 1 aromatic carbocycles. The Labute approximate surface area is 110 Å². The van der Waals surface area contributed by atoms with Crippen LogP contribution in [0.25, 0.3) is 0 Å². The van der Waals surface area contributed by atoms with E-state index in [9.17, 15) is 8.42 Å². The van der Waals surface area contributed by atoms with E-state index in [0.717, 1.165) is 0 Å². The van der Waals surface area contributed by atoms with Crippen LogP contribution in [0.3, 0.4) is 0 Å². The number of sulfonamides is 1. The van der Waals surface area contributed by atoms with Crippen LogP contribution < -0.4 is 4.72 Å². The molecule has 0 heterocycles. The van der Waals surface area contributed by atoms with E-state index in [2.05, 4.69) is 20.7 Å². The van der Waals surface area contributed by atoms with E-state index in [1.54, 1.807) is 32.9 Å². The van der Waals surface area contributed by atoms with E-state index in [0.29, 0.717) is 10.0 Å². The number of aliphatic hydroxyl groups is 1. The summed E-state index contributed by atoms with van der Waals surface area (Å²) in [6.07, 6.45) is 0. The van der Waals surface area contributed by atoms with Crippen LogP contribution in [0.2, 0.25) is 0 Å². The summed E-state index contributed by atoms with van der Waals surface area (Å²) >= 11 is 3.20. The second-order valence-corrected chi connectivity index (χ2v) is 7.28. The van der Waals surface area contributed by atoms with Crippen molar-refractivity contribution in [1.29, 1.82) is 0 Å². The number of nitrogens with one attached hydrogen (secondary N) is 1. The molecule has 96 valence electrons. The fourth-order valence-electron chi connectivity index (χ4n) is 1.32. The van der Waals surface area contributed by atoms with Gasteiger partial charge in [-0.2, -0.15) is 0 Å². The maximum absolute atomic E-state index is 12.1. The fraction of sp³-hybridized carbons (Fsp3) is 0.455. The van der Waals surface area contributed by atoms with Gasteiger partial charge >= 0.3 is 0 Å². The number of aliphatic hydroxyl groups excluding tert-OH is 1. The molecule has 0 fully saturated rings. The molecule has 0 saturated carbocycles. The Morgan fingerprint density at radius 3 is 2.35 bits per heavy atom. The lowest BCUT2D eigenvalue weighted by Gasteiger charge is -2.21. The number of halogens is 1. The lowest BCUT2D eigenvalue weighted by molar-refractivity contribution is 0.281. The van der Waals surface area contributed by atoms with Crippen LogP contribution in [-0.2, 0) is 16.6 Å². The molecule has 0 aliphatic heterocycles. The molecule has 6 heteroatoms. The van der Waals surface area contributed by atoms with Crippen LogP contribution in [0.5, 0.6) is 0 Å². The van der Waals surface area contributed by atoms with Crippen molar-refractivity contribution >= 4 is 26.0 Å². The minimum Gasteiger partial charge on any atom is -0.392 e. The standard InChI is InChI=1S/C11H16BrNO3S/c1-11(2,3)13-17(15,16)10-5-4-8(7-14)6-9(10)12/h4-6,13-14H,7H2,1-3H3. The largest absolute Gasteiger partial charge is 0.392 e. The molecule has 2 N–H and O–H groups in total. The summed E-state index contributed by atoms with van der Waals surface area (Å²) in [4.78, 5) is 0.171. The van der Waals surface area contributed by atoms with Gasteiger partial charge in [-0.3, -0.25) is 0 Å². The van der Waals surface area contributed by atoms with E-state index in [-0.39, 0.29) is 11.5 Å². The second kappa shape index (κ2) is 5.06. The van der Waals surface area contributed by atoms with Gasteiger partial charge in [0.15, 0.2) is 0 Å². The zero-order valence-corrected chi connectivity index (χ0v) is 12.4. The summed E-state index contributed by atoms with van der Waals surface area (Å²) in [5, 5.41) is 8.96. The van der Waals surface area contributed by atoms with Gasteiger partial charge in [0.2, 0.25) is 10.0 Å². The van der Waals surface area contributed by atoms with Crippen LogP contribution in [0.1, 0.15) is 26.3 Å². The smallest absolute Gasteiger partial charge is 0.242 e. The van der Waals surface area contributed by atoms with Crippen molar-refractivity contribution in [3.05, 3.63) is 28.2 Å². The number of benzene rings is 1. The van der Waals surface area contributed by atoms with Crippen molar-refractivity contribution in [3.63, 3.8) is 0 Å². The highest BCUT2D eigenvalue weighted by Crippen LogP contribution is 2.24. The van der Waals surface area contributed by atoms with Gasteiger partial charge in [0.05, 0.1) is 11.5 Å². The van der Waals surface area contributed by atoms with Gasteiger partial charge in [-0.15, -0.1) is 0 Å². The van der Waals surface area contributed by atoms with Gasteiger partial charge in [0, 0.05) is 10.0 Å². The Morgan fingerprint density at radius 1 is 1.35 bits per heavy atom. The molecule has 17 heavy (non-hydrogen) atoms. The predicted octanol–water partition coefficient (Wildman–Crippen LogP) is 2.02. The molecule has 4 nitrogen and oxygen atoms in total. The van der Waals surface area contributed by atoms with Crippen LogP contribution in [0.4, 0.5) is 0 Å². The first-order valence-corrected chi connectivity index (χ1v) is 7.36. The van der Waals surface area contributed by atoms with E-state index < -0.39 is 15.6 Å². The van der Waals surface area contributed by atoms with Crippen molar-refractivity contribution in [2.45, 2.75) is 37.8 Å². The zero-order chi connectivity index (χ0) is 13.3. The maximum atomic E-state index is 12.1. The van der Waals surface area contributed by atoms with Crippen molar-refractivity contribution in [2.75, 3.05) is 0 Å². The minimum atomic E-state index is -3.55. The van der Waals surface area contributed by atoms with Crippen molar-refractivity contribution in [2.24, 2.45) is 0 Å².